The fourth-order valence-corrected chi connectivity index (χ4v) is 5.17. The molecule has 38 heavy (non-hydrogen) atoms. The van der Waals surface area contributed by atoms with Crippen LogP contribution >= 0.6 is 0 Å². The molecule has 0 saturated carbocycles. The SMILES string of the molecule is CNC(=O)C(Cc1ccccc1)N(Cc1ccc(F)cc1)C(=O)CN(c1ccccc1C(C)C)S(C)(=O)=O. The highest BCUT2D eigenvalue weighted by molar-refractivity contribution is 7.92. The highest BCUT2D eigenvalue weighted by atomic mass is 32.2. The molecule has 0 aromatic heterocycles. The molecule has 0 saturated heterocycles. The maximum Gasteiger partial charge on any atom is 0.244 e. The highest BCUT2D eigenvalue weighted by Crippen LogP contribution is 2.29. The van der Waals surface area contributed by atoms with Crippen LogP contribution in [0.25, 0.3) is 0 Å². The van der Waals surface area contributed by atoms with Gasteiger partial charge in [0.1, 0.15) is 18.4 Å². The fourth-order valence-electron chi connectivity index (χ4n) is 4.30. The van der Waals surface area contributed by atoms with Gasteiger partial charge >= 0.3 is 0 Å². The number of halogens is 1. The summed E-state index contributed by atoms with van der Waals surface area (Å²) in [6, 6.07) is 21.0. The van der Waals surface area contributed by atoms with Crippen molar-refractivity contribution in [1.82, 2.24) is 10.2 Å². The molecule has 1 atom stereocenters. The number of carbonyl (C=O) groups excluding carboxylic acids is 2. The van der Waals surface area contributed by atoms with Crippen molar-refractivity contribution in [1.29, 1.82) is 0 Å². The van der Waals surface area contributed by atoms with Crippen molar-refractivity contribution >= 4 is 27.5 Å². The van der Waals surface area contributed by atoms with Crippen LogP contribution in [-0.4, -0.2) is 51.0 Å². The number of nitrogens with one attached hydrogen (secondary N) is 1. The van der Waals surface area contributed by atoms with Crippen LogP contribution in [0.3, 0.4) is 0 Å². The van der Waals surface area contributed by atoms with E-state index in [4.69, 9.17) is 0 Å². The molecule has 0 aliphatic carbocycles. The first kappa shape index (κ1) is 28.8. The van der Waals surface area contributed by atoms with Gasteiger partial charge < -0.3 is 10.2 Å². The Bertz CT molecular complexity index is 1350. The molecule has 0 aliphatic rings. The summed E-state index contributed by atoms with van der Waals surface area (Å²) < 4.78 is 40.6. The van der Waals surface area contributed by atoms with Crippen LogP contribution in [0.5, 0.6) is 0 Å². The van der Waals surface area contributed by atoms with E-state index < -0.39 is 40.2 Å². The lowest BCUT2D eigenvalue weighted by Gasteiger charge is -2.34. The maximum absolute atomic E-state index is 13.9. The number of hydrogen-bond acceptors (Lipinski definition) is 4. The Labute approximate surface area is 224 Å². The minimum absolute atomic E-state index is 0.00649. The molecule has 0 heterocycles. The van der Waals surface area contributed by atoms with Crippen LogP contribution in [0.4, 0.5) is 10.1 Å². The van der Waals surface area contributed by atoms with E-state index in [9.17, 15) is 22.4 Å². The van der Waals surface area contributed by atoms with Crippen LogP contribution in [0, 0.1) is 5.82 Å². The molecule has 0 fully saturated rings. The molecule has 0 aliphatic heterocycles. The molecule has 3 aromatic rings. The summed E-state index contributed by atoms with van der Waals surface area (Å²) in [6.45, 7) is 3.40. The van der Waals surface area contributed by atoms with Crippen molar-refractivity contribution in [3.05, 3.63) is 101 Å². The molecule has 0 radical (unpaired) electrons. The average molecular weight is 540 g/mol. The van der Waals surface area contributed by atoms with Gasteiger partial charge in [0.05, 0.1) is 11.9 Å². The number of likely N-dealkylation sites (N-methyl/N-ethyl adjacent to an activating group) is 1. The summed E-state index contributed by atoms with van der Waals surface area (Å²) in [4.78, 5) is 28.4. The lowest BCUT2D eigenvalue weighted by atomic mass is 10.0. The van der Waals surface area contributed by atoms with Crippen molar-refractivity contribution in [2.24, 2.45) is 0 Å². The second-order valence-electron chi connectivity index (χ2n) is 9.45. The smallest absolute Gasteiger partial charge is 0.244 e. The number of rotatable bonds is 11. The topological polar surface area (TPSA) is 86.8 Å². The monoisotopic (exact) mass is 539 g/mol. The number of para-hydroxylation sites is 1. The summed E-state index contributed by atoms with van der Waals surface area (Å²) >= 11 is 0. The number of anilines is 1. The van der Waals surface area contributed by atoms with E-state index in [1.807, 2.05) is 56.3 Å². The van der Waals surface area contributed by atoms with Crippen LogP contribution in [0.2, 0.25) is 0 Å². The number of amides is 2. The second kappa shape index (κ2) is 12.7. The predicted molar refractivity (Wildman–Crippen MR) is 148 cm³/mol. The van der Waals surface area contributed by atoms with Crippen molar-refractivity contribution in [3.63, 3.8) is 0 Å². The van der Waals surface area contributed by atoms with Gasteiger partial charge in [0, 0.05) is 20.0 Å². The van der Waals surface area contributed by atoms with Crippen molar-refractivity contribution in [2.75, 3.05) is 24.2 Å². The Balaban J connectivity index is 2.06. The number of hydrogen-bond donors (Lipinski definition) is 1. The van der Waals surface area contributed by atoms with Gasteiger partial charge in [-0.2, -0.15) is 0 Å². The van der Waals surface area contributed by atoms with Crippen LogP contribution in [0.1, 0.15) is 36.5 Å². The molecule has 0 bridgehead atoms. The fraction of sp³-hybridized carbons (Fsp3) is 0.310. The van der Waals surface area contributed by atoms with Gasteiger partial charge in [-0.05, 0) is 40.8 Å². The first-order valence-electron chi connectivity index (χ1n) is 12.4. The Morgan fingerprint density at radius 3 is 2.08 bits per heavy atom. The Morgan fingerprint density at radius 1 is 0.895 bits per heavy atom. The van der Waals surface area contributed by atoms with Crippen LogP contribution in [-0.2, 0) is 32.6 Å². The largest absolute Gasteiger partial charge is 0.357 e. The Morgan fingerprint density at radius 2 is 1.50 bits per heavy atom. The minimum Gasteiger partial charge on any atom is -0.357 e. The van der Waals surface area contributed by atoms with Crippen molar-refractivity contribution in [3.8, 4) is 0 Å². The summed E-state index contributed by atoms with van der Waals surface area (Å²) in [7, 11) is -2.37. The van der Waals surface area contributed by atoms with Crippen LogP contribution in [0.15, 0.2) is 78.9 Å². The summed E-state index contributed by atoms with van der Waals surface area (Å²) in [6.07, 6.45) is 1.27. The van der Waals surface area contributed by atoms with Gasteiger partial charge in [-0.1, -0.05) is 74.5 Å². The average Bonchev–Trinajstić information content (AvgIpc) is 2.89. The summed E-state index contributed by atoms with van der Waals surface area (Å²) in [5, 5.41) is 2.63. The number of carbonyl (C=O) groups is 2. The molecule has 1 N–H and O–H groups in total. The molecular weight excluding hydrogens is 505 g/mol. The summed E-state index contributed by atoms with van der Waals surface area (Å²) in [5.74, 6) is -1.36. The Hall–Kier alpha value is -3.72. The second-order valence-corrected chi connectivity index (χ2v) is 11.4. The first-order valence-corrected chi connectivity index (χ1v) is 14.2. The summed E-state index contributed by atoms with van der Waals surface area (Å²) in [5.41, 5.74) is 2.64. The Kier molecular flexibility index (Phi) is 9.63. The highest BCUT2D eigenvalue weighted by Gasteiger charge is 2.33. The van der Waals surface area contributed by atoms with Gasteiger partial charge in [0.25, 0.3) is 0 Å². The van der Waals surface area contributed by atoms with Gasteiger partial charge in [0.15, 0.2) is 0 Å². The van der Waals surface area contributed by atoms with E-state index >= 15 is 0 Å². The normalized spacial score (nSPS) is 12.2. The van der Waals surface area contributed by atoms with Crippen molar-refractivity contribution in [2.45, 2.75) is 38.8 Å². The zero-order valence-electron chi connectivity index (χ0n) is 22.1. The van der Waals surface area contributed by atoms with E-state index in [2.05, 4.69) is 5.32 Å². The van der Waals surface area contributed by atoms with Gasteiger partial charge in [0.2, 0.25) is 21.8 Å². The first-order chi connectivity index (χ1) is 18.0. The molecular formula is C29H34FN3O4S. The molecule has 1 unspecified atom stereocenters. The van der Waals surface area contributed by atoms with Gasteiger partial charge in [-0.15, -0.1) is 0 Å². The standard InChI is InChI=1S/C29H34FN3O4S/c1-21(2)25-12-8-9-13-26(25)33(38(4,36)37)20-28(34)32(19-23-14-16-24(30)17-15-23)27(29(35)31-3)18-22-10-6-5-7-11-22/h5-17,21,27H,18-20H2,1-4H3,(H,31,35). The number of benzene rings is 3. The van der Waals surface area contributed by atoms with Gasteiger partial charge in [-0.25, -0.2) is 12.8 Å². The lowest BCUT2D eigenvalue weighted by molar-refractivity contribution is -0.139. The zero-order valence-corrected chi connectivity index (χ0v) is 22.9. The molecule has 0 spiro atoms. The quantitative estimate of drug-likeness (QED) is 0.398. The number of nitrogens with zero attached hydrogens (tertiary/aromatic N) is 2. The predicted octanol–water partition coefficient (Wildman–Crippen LogP) is 4.10. The molecule has 3 rings (SSSR count). The van der Waals surface area contributed by atoms with E-state index in [0.29, 0.717) is 11.3 Å². The van der Waals surface area contributed by atoms with E-state index in [1.165, 1.54) is 24.1 Å². The number of sulfonamides is 1. The molecule has 9 heteroatoms. The van der Waals surface area contributed by atoms with Crippen LogP contribution < -0.4 is 9.62 Å². The third-order valence-electron chi connectivity index (χ3n) is 6.29. The minimum atomic E-state index is -3.86. The molecule has 202 valence electrons. The third-order valence-corrected chi connectivity index (χ3v) is 7.42. The van der Waals surface area contributed by atoms with E-state index in [1.54, 1.807) is 24.3 Å². The third kappa shape index (κ3) is 7.41. The maximum atomic E-state index is 13.9. The lowest BCUT2D eigenvalue weighted by Crippen LogP contribution is -2.53. The van der Waals surface area contributed by atoms with E-state index in [-0.39, 0.29) is 18.9 Å². The molecule has 7 nitrogen and oxygen atoms in total. The molecule has 2 amide bonds. The zero-order chi connectivity index (χ0) is 27.9. The van der Waals surface area contributed by atoms with Crippen molar-refractivity contribution < 1.29 is 22.4 Å². The van der Waals surface area contributed by atoms with E-state index in [0.717, 1.165) is 21.7 Å². The molecule has 3 aromatic carbocycles. The van der Waals surface area contributed by atoms with Gasteiger partial charge in [-0.3, -0.25) is 13.9 Å².